The van der Waals surface area contributed by atoms with Crippen molar-refractivity contribution < 1.29 is 14.3 Å². The molecule has 0 fully saturated rings. The Balaban J connectivity index is 2.84. The van der Waals surface area contributed by atoms with Gasteiger partial charge in [-0.2, -0.15) is 0 Å². The van der Waals surface area contributed by atoms with Gasteiger partial charge < -0.3 is 9.47 Å². The van der Waals surface area contributed by atoms with Gasteiger partial charge in [-0.25, -0.2) is 4.99 Å². The predicted molar refractivity (Wildman–Crippen MR) is 52.8 cm³/mol. The van der Waals surface area contributed by atoms with Crippen LogP contribution in [0.4, 0.5) is 0 Å². The second kappa shape index (κ2) is 5.21. The highest BCUT2D eigenvalue weighted by molar-refractivity contribution is 6.00. The van der Waals surface area contributed by atoms with E-state index in [1.165, 1.54) is 7.11 Å². The first kappa shape index (κ1) is 10.5. The van der Waals surface area contributed by atoms with Gasteiger partial charge in [0.05, 0.1) is 13.7 Å². The summed E-state index contributed by atoms with van der Waals surface area (Å²) in [5.74, 6) is -0.517. The molecule has 0 aromatic rings. The fourth-order valence-electron chi connectivity index (χ4n) is 1.09. The molecule has 1 unspecified atom stereocenters. The first-order chi connectivity index (χ1) is 6.79. The fourth-order valence-corrected chi connectivity index (χ4v) is 1.09. The van der Waals surface area contributed by atoms with Gasteiger partial charge in [0, 0.05) is 6.20 Å². The van der Waals surface area contributed by atoms with Crippen molar-refractivity contribution in [3.05, 3.63) is 24.4 Å². The van der Waals surface area contributed by atoms with Crippen LogP contribution in [0, 0.1) is 5.92 Å². The van der Waals surface area contributed by atoms with Gasteiger partial charge in [-0.1, -0.05) is 12.2 Å². The summed E-state index contributed by atoms with van der Waals surface area (Å²) in [6.45, 7) is 2.32. The lowest BCUT2D eigenvalue weighted by atomic mass is 10.1. The van der Waals surface area contributed by atoms with Gasteiger partial charge in [-0.15, -0.1) is 0 Å². The molecule has 0 bridgehead atoms. The molecule has 1 aliphatic heterocycles. The Morgan fingerprint density at radius 1 is 1.57 bits per heavy atom. The summed E-state index contributed by atoms with van der Waals surface area (Å²) in [6.07, 6.45) is 6.77. The SMILES string of the molecule is CCOC1=NC=CC=CC1C(=O)OC. The van der Waals surface area contributed by atoms with Crippen molar-refractivity contribution in [2.24, 2.45) is 10.9 Å². The number of carbonyl (C=O) groups excluding carboxylic acids is 1. The number of ether oxygens (including phenoxy) is 2. The van der Waals surface area contributed by atoms with E-state index in [0.29, 0.717) is 12.5 Å². The molecule has 0 N–H and O–H groups in total. The van der Waals surface area contributed by atoms with Crippen LogP contribution in [0.3, 0.4) is 0 Å². The van der Waals surface area contributed by atoms with Crippen LogP contribution in [-0.2, 0) is 14.3 Å². The smallest absolute Gasteiger partial charge is 0.322 e. The average molecular weight is 195 g/mol. The minimum atomic E-state index is -0.532. The van der Waals surface area contributed by atoms with Gasteiger partial charge in [-0.05, 0) is 13.0 Å². The maximum Gasteiger partial charge on any atom is 0.322 e. The standard InChI is InChI=1S/C10H13NO3/c1-3-14-9-8(10(12)13-2)6-4-5-7-11-9/h4-8H,3H2,1-2H3. The zero-order chi connectivity index (χ0) is 10.4. The zero-order valence-electron chi connectivity index (χ0n) is 8.27. The zero-order valence-corrected chi connectivity index (χ0v) is 8.27. The van der Waals surface area contributed by atoms with Crippen LogP contribution >= 0.6 is 0 Å². The molecule has 0 saturated carbocycles. The summed E-state index contributed by atoms with van der Waals surface area (Å²) in [5, 5.41) is 0. The van der Waals surface area contributed by atoms with E-state index in [1.807, 2.05) is 6.92 Å². The molecule has 0 saturated heterocycles. The molecule has 1 aliphatic rings. The maximum atomic E-state index is 11.3. The molecule has 0 radical (unpaired) electrons. The summed E-state index contributed by atoms with van der Waals surface area (Å²) in [4.78, 5) is 15.4. The highest BCUT2D eigenvalue weighted by Crippen LogP contribution is 2.10. The first-order valence-corrected chi connectivity index (χ1v) is 4.41. The van der Waals surface area contributed by atoms with E-state index in [-0.39, 0.29) is 5.97 Å². The Morgan fingerprint density at radius 2 is 2.36 bits per heavy atom. The third kappa shape index (κ3) is 2.45. The first-order valence-electron chi connectivity index (χ1n) is 4.41. The summed E-state index contributed by atoms with van der Waals surface area (Å²) >= 11 is 0. The van der Waals surface area contributed by atoms with Crippen LogP contribution in [0.15, 0.2) is 29.4 Å². The molecular formula is C10H13NO3. The predicted octanol–water partition coefficient (Wildman–Crippen LogP) is 1.29. The lowest BCUT2D eigenvalue weighted by Gasteiger charge is -2.12. The minimum Gasteiger partial charge on any atom is -0.480 e. The molecule has 1 rings (SSSR count). The maximum absolute atomic E-state index is 11.3. The van der Waals surface area contributed by atoms with Crippen LogP contribution in [-0.4, -0.2) is 25.6 Å². The van der Waals surface area contributed by atoms with E-state index in [4.69, 9.17) is 4.74 Å². The highest BCUT2D eigenvalue weighted by Gasteiger charge is 2.24. The lowest BCUT2D eigenvalue weighted by molar-refractivity contribution is -0.142. The Labute approximate surface area is 82.9 Å². The normalized spacial score (nSPS) is 19.9. The van der Waals surface area contributed by atoms with Crippen molar-refractivity contribution in [2.45, 2.75) is 6.92 Å². The summed E-state index contributed by atoms with van der Waals surface area (Å²) in [5.41, 5.74) is 0. The number of nitrogens with zero attached hydrogens (tertiary/aromatic N) is 1. The van der Waals surface area contributed by atoms with E-state index in [2.05, 4.69) is 9.73 Å². The van der Waals surface area contributed by atoms with E-state index < -0.39 is 5.92 Å². The Hall–Kier alpha value is -1.58. The van der Waals surface area contributed by atoms with Crippen molar-refractivity contribution in [3.63, 3.8) is 0 Å². The fraction of sp³-hybridized carbons (Fsp3) is 0.400. The minimum absolute atomic E-state index is 0.364. The van der Waals surface area contributed by atoms with Gasteiger partial charge in [-0.3, -0.25) is 4.79 Å². The number of methoxy groups -OCH3 is 1. The molecule has 14 heavy (non-hydrogen) atoms. The Morgan fingerprint density at radius 3 is 3.00 bits per heavy atom. The number of esters is 1. The van der Waals surface area contributed by atoms with Crippen molar-refractivity contribution in [3.8, 4) is 0 Å². The summed E-state index contributed by atoms with van der Waals surface area (Å²) in [6, 6.07) is 0. The molecule has 4 nitrogen and oxygen atoms in total. The molecule has 1 atom stereocenters. The van der Waals surface area contributed by atoms with Crippen LogP contribution in [0.1, 0.15) is 6.92 Å². The highest BCUT2D eigenvalue weighted by atomic mass is 16.5. The van der Waals surface area contributed by atoms with Gasteiger partial charge in [0.2, 0.25) is 5.90 Å². The van der Waals surface area contributed by atoms with Crippen molar-refractivity contribution in [1.29, 1.82) is 0 Å². The van der Waals surface area contributed by atoms with Gasteiger partial charge in [0.1, 0.15) is 0 Å². The number of aliphatic imine (C=N–C) groups is 1. The van der Waals surface area contributed by atoms with Crippen molar-refractivity contribution in [2.75, 3.05) is 13.7 Å². The molecule has 0 aromatic heterocycles. The topological polar surface area (TPSA) is 47.9 Å². The molecule has 0 aromatic carbocycles. The van der Waals surface area contributed by atoms with E-state index in [0.717, 1.165) is 0 Å². The van der Waals surface area contributed by atoms with Crippen molar-refractivity contribution in [1.82, 2.24) is 0 Å². The van der Waals surface area contributed by atoms with Gasteiger partial charge in [0.15, 0.2) is 5.92 Å². The Kier molecular flexibility index (Phi) is 3.91. The Bertz CT molecular complexity index is 292. The number of carbonyl (C=O) groups is 1. The third-order valence-corrected chi connectivity index (χ3v) is 1.72. The average Bonchev–Trinajstić information content (AvgIpc) is 2.43. The molecule has 1 heterocycles. The quantitative estimate of drug-likeness (QED) is 0.624. The molecule has 76 valence electrons. The molecular weight excluding hydrogens is 182 g/mol. The number of allylic oxidation sites excluding steroid dienone is 2. The van der Waals surface area contributed by atoms with E-state index >= 15 is 0 Å². The summed E-state index contributed by atoms with van der Waals surface area (Å²) in [7, 11) is 1.35. The second-order valence-electron chi connectivity index (χ2n) is 2.63. The molecule has 0 amide bonds. The number of hydrogen-bond acceptors (Lipinski definition) is 4. The molecule has 0 aliphatic carbocycles. The van der Waals surface area contributed by atoms with E-state index in [1.54, 1.807) is 24.4 Å². The van der Waals surface area contributed by atoms with Crippen molar-refractivity contribution >= 4 is 11.9 Å². The van der Waals surface area contributed by atoms with Gasteiger partial charge >= 0.3 is 5.97 Å². The van der Waals surface area contributed by atoms with Crippen LogP contribution in [0.2, 0.25) is 0 Å². The second-order valence-corrected chi connectivity index (χ2v) is 2.63. The lowest BCUT2D eigenvalue weighted by Crippen LogP contribution is -2.25. The third-order valence-electron chi connectivity index (χ3n) is 1.72. The monoisotopic (exact) mass is 195 g/mol. The number of hydrogen-bond donors (Lipinski definition) is 0. The largest absolute Gasteiger partial charge is 0.480 e. The van der Waals surface area contributed by atoms with E-state index in [9.17, 15) is 4.79 Å². The molecule has 4 heteroatoms. The van der Waals surface area contributed by atoms with Crippen LogP contribution in [0.5, 0.6) is 0 Å². The summed E-state index contributed by atoms with van der Waals surface area (Å²) < 4.78 is 9.89. The van der Waals surface area contributed by atoms with Crippen LogP contribution in [0.25, 0.3) is 0 Å². The van der Waals surface area contributed by atoms with Gasteiger partial charge in [0.25, 0.3) is 0 Å². The molecule has 0 spiro atoms. The number of rotatable bonds is 2. The van der Waals surface area contributed by atoms with Crippen LogP contribution < -0.4 is 0 Å².